The zero-order valence-electron chi connectivity index (χ0n) is 16.3. The topological polar surface area (TPSA) is 80.3 Å². The van der Waals surface area contributed by atoms with E-state index in [1.807, 2.05) is 36.4 Å². The first-order valence-electron chi connectivity index (χ1n) is 9.27. The number of nitrogens with one attached hydrogen (secondary N) is 2. The maximum absolute atomic E-state index is 12.3. The highest BCUT2D eigenvalue weighted by atomic mass is 79.9. The molecule has 2 aromatic carbocycles. The van der Waals surface area contributed by atoms with Crippen molar-refractivity contribution in [2.45, 2.75) is 32.7 Å². The van der Waals surface area contributed by atoms with E-state index in [1.54, 1.807) is 14.0 Å². The zero-order chi connectivity index (χ0) is 20.8. The lowest BCUT2D eigenvalue weighted by molar-refractivity contribution is -0.121. The van der Waals surface area contributed by atoms with Gasteiger partial charge in [0.25, 0.3) is 0 Å². The number of ether oxygens (including phenoxy) is 1. The molecular weight excluding hydrogens is 454 g/mol. The summed E-state index contributed by atoms with van der Waals surface area (Å²) in [7, 11) is 1.61. The van der Waals surface area contributed by atoms with E-state index in [0.717, 1.165) is 31.6 Å². The van der Waals surface area contributed by atoms with E-state index in [9.17, 15) is 9.59 Å². The quantitative estimate of drug-likeness (QED) is 0.496. The van der Waals surface area contributed by atoms with Crippen molar-refractivity contribution >= 4 is 54.4 Å². The standard InChI is InChI=1S/C21H22BrN3O3S/c1-3-19(26)25-21-24-16-7-4-13(10-18(16)29-21)5-9-20(27)23-12-14-11-15(22)6-8-17(14)28-2/h4,6-8,10-11H,3,5,9,12H2,1-2H3,(H,23,27)(H,24,25,26). The molecule has 0 aliphatic carbocycles. The first kappa shape index (κ1) is 21.3. The Hall–Kier alpha value is -2.45. The molecule has 0 radical (unpaired) electrons. The number of aromatic nitrogens is 1. The van der Waals surface area contributed by atoms with Crippen LogP contribution >= 0.6 is 27.3 Å². The Balaban J connectivity index is 1.56. The molecule has 152 valence electrons. The third-order valence-corrected chi connectivity index (χ3v) is 5.81. The van der Waals surface area contributed by atoms with Crippen LogP contribution in [0.25, 0.3) is 10.2 Å². The van der Waals surface area contributed by atoms with Gasteiger partial charge in [0.2, 0.25) is 11.8 Å². The normalized spacial score (nSPS) is 10.7. The van der Waals surface area contributed by atoms with E-state index < -0.39 is 0 Å². The van der Waals surface area contributed by atoms with Crippen molar-refractivity contribution in [3.8, 4) is 5.75 Å². The monoisotopic (exact) mass is 475 g/mol. The van der Waals surface area contributed by atoms with E-state index in [4.69, 9.17) is 4.74 Å². The van der Waals surface area contributed by atoms with Crippen molar-refractivity contribution in [2.75, 3.05) is 12.4 Å². The van der Waals surface area contributed by atoms with Crippen LogP contribution in [0, 0.1) is 0 Å². The lowest BCUT2D eigenvalue weighted by Crippen LogP contribution is -2.23. The summed E-state index contributed by atoms with van der Waals surface area (Å²) in [4.78, 5) is 28.2. The molecule has 0 aliphatic rings. The van der Waals surface area contributed by atoms with Crippen LogP contribution in [-0.2, 0) is 22.6 Å². The molecule has 0 saturated heterocycles. The lowest BCUT2D eigenvalue weighted by Gasteiger charge is -2.10. The van der Waals surface area contributed by atoms with Crippen LogP contribution in [-0.4, -0.2) is 23.9 Å². The van der Waals surface area contributed by atoms with Crippen LogP contribution in [0.3, 0.4) is 0 Å². The van der Waals surface area contributed by atoms with Gasteiger partial charge in [-0.2, -0.15) is 0 Å². The molecule has 2 amide bonds. The first-order valence-corrected chi connectivity index (χ1v) is 10.9. The second kappa shape index (κ2) is 9.84. The average molecular weight is 476 g/mol. The van der Waals surface area contributed by atoms with Gasteiger partial charge < -0.3 is 15.4 Å². The summed E-state index contributed by atoms with van der Waals surface area (Å²) in [6, 6.07) is 11.6. The Bertz CT molecular complexity index is 1040. The minimum Gasteiger partial charge on any atom is -0.496 e. The minimum absolute atomic E-state index is 0.0210. The van der Waals surface area contributed by atoms with Gasteiger partial charge in [0, 0.05) is 29.4 Å². The molecule has 0 saturated carbocycles. The van der Waals surface area contributed by atoms with Crippen LogP contribution in [0.1, 0.15) is 30.9 Å². The molecule has 2 N–H and O–H groups in total. The van der Waals surface area contributed by atoms with E-state index in [2.05, 4.69) is 31.5 Å². The summed E-state index contributed by atoms with van der Waals surface area (Å²) in [5.41, 5.74) is 2.82. The Labute approximate surface area is 181 Å². The second-order valence-corrected chi connectivity index (χ2v) is 8.40. The van der Waals surface area contributed by atoms with Crippen molar-refractivity contribution in [1.29, 1.82) is 0 Å². The molecule has 0 spiro atoms. The average Bonchev–Trinajstić information content (AvgIpc) is 3.12. The molecule has 3 aromatic rings. The van der Waals surface area contributed by atoms with Gasteiger partial charge in [0.15, 0.2) is 5.13 Å². The molecule has 0 atom stereocenters. The number of halogens is 1. The van der Waals surface area contributed by atoms with Crippen LogP contribution in [0.15, 0.2) is 40.9 Å². The lowest BCUT2D eigenvalue weighted by atomic mass is 10.1. The Morgan fingerprint density at radius 1 is 1.17 bits per heavy atom. The van der Waals surface area contributed by atoms with E-state index in [1.165, 1.54) is 11.3 Å². The van der Waals surface area contributed by atoms with Crippen LogP contribution in [0.4, 0.5) is 5.13 Å². The number of aryl methyl sites for hydroxylation is 1. The Kier molecular flexibility index (Phi) is 7.22. The van der Waals surface area contributed by atoms with Gasteiger partial charge >= 0.3 is 0 Å². The fourth-order valence-corrected chi connectivity index (χ4v) is 4.17. The van der Waals surface area contributed by atoms with Crippen molar-refractivity contribution < 1.29 is 14.3 Å². The summed E-state index contributed by atoms with van der Waals surface area (Å²) < 4.78 is 7.27. The zero-order valence-corrected chi connectivity index (χ0v) is 18.7. The van der Waals surface area contributed by atoms with E-state index in [-0.39, 0.29) is 11.8 Å². The van der Waals surface area contributed by atoms with Crippen molar-refractivity contribution in [2.24, 2.45) is 0 Å². The number of hydrogen-bond donors (Lipinski definition) is 2. The van der Waals surface area contributed by atoms with Crippen molar-refractivity contribution in [3.05, 3.63) is 52.0 Å². The highest BCUT2D eigenvalue weighted by Crippen LogP contribution is 2.27. The number of methoxy groups -OCH3 is 1. The molecule has 8 heteroatoms. The van der Waals surface area contributed by atoms with Crippen molar-refractivity contribution in [1.82, 2.24) is 10.3 Å². The molecule has 0 fully saturated rings. The molecule has 0 bridgehead atoms. The summed E-state index contributed by atoms with van der Waals surface area (Å²) in [5, 5.41) is 6.33. The molecule has 29 heavy (non-hydrogen) atoms. The van der Waals surface area contributed by atoms with Gasteiger partial charge in [-0.15, -0.1) is 0 Å². The maximum atomic E-state index is 12.3. The largest absolute Gasteiger partial charge is 0.496 e. The smallest absolute Gasteiger partial charge is 0.225 e. The highest BCUT2D eigenvalue weighted by Gasteiger charge is 2.09. The van der Waals surface area contributed by atoms with Gasteiger partial charge in [-0.25, -0.2) is 4.98 Å². The van der Waals surface area contributed by atoms with Crippen molar-refractivity contribution in [3.63, 3.8) is 0 Å². The molecule has 6 nitrogen and oxygen atoms in total. The van der Waals surface area contributed by atoms with Crippen LogP contribution < -0.4 is 15.4 Å². The summed E-state index contributed by atoms with van der Waals surface area (Å²) in [5.74, 6) is 0.672. The number of thiazole rings is 1. The number of carbonyl (C=O) groups is 2. The van der Waals surface area contributed by atoms with Gasteiger partial charge in [-0.05, 0) is 42.3 Å². The van der Waals surface area contributed by atoms with Gasteiger partial charge in [-0.1, -0.05) is 40.3 Å². The van der Waals surface area contributed by atoms with E-state index in [0.29, 0.717) is 30.9 Å². The van der Waals surface area contributed by atoms with E-state index >= 15 is 0 Å². The third-order valence-electron chi connectivity index (χ3n) is 4.38. The molecule has 0 aliphatic heterocycles. The molecule has 1 heterocycles. The number of carbonyl (C=O) groups excluding carboxylic acids is 2. The van der Waals surface area contributed by atoms with Gasteiger partial charge in [-0.3, -0.25) is 9.59 Å². The number of anilines is 1. The number of fused-ring (bicyclic) bond motifs is 1. The molecule has 1 aromatic heterocycles. The Morgan fingerprint density at radius 2 is 2.00 bits per heavy atom. The van der Waals surface area contributed by atoms with Gasteiger partial charge in [0.05, 0.1) is 17.3 Å². The first-order chi connectivity index (χ1) is 14.0. The van der Waals surface area contributed by atoms with Gasteiger partial charge in [0.1, 0.15) is 5.75 Å². The Morgan fingerprint density at radius 3 is 2.76 bits per heavy atom. The fraction of sp³-hybridized carbons (Fsp3) is 0.286. The van der Waals surface area contributed by atoms with Crippen LogP contribution in [0.5, 0.6) is 5.75 Å². The molecular formula is C21H22BrN3O3S. The highest BCUT2D eigenvalue weighted by molar-refractivity contribution is 9.10. The number of hydrogen-bond acceptors (Lipinski definition) is 5. The summed E-state index contributed by atoms with van der Waals surface area (Å²) in [6.07, 6.45) is 1.44. The summed E-state index contributed by atoms with van der Waals surface area (Å²) >= 11 is 4.88. The molecule has 0 unspecified atom stereocenters. The maximum Gasteiger partial charge on any atom is 0.225 e. The summed E-state index contributed by atoms with van der Waals surface area (Å²) in [6.45, 7) is 2.22. The second-order valence-electron chi connectivity index (χ2n) is 6.46. The number of amides is 2. The predicted octanol–water partition coefficient (Wildman–Crippen LogP) is 4.66. The number of rotatable bonds is 8. The minimum atomic E-state index is -0.0528. The third kappa shape index (κ3) is 5.77. The van der Waals surface area contributed by atoms with Crippen LogP contribution in [0.2, 0.25) is 0 Å². The number of benzene rings is 2. The predicted molar refractivity (Wildman–Crippen MR) is 119 cm³/mol. The SMILES string of the molecule is CCC(=O)Nc1nc2ccc(CCC(=O)NCc3cc(Br)ccc3OC)cc2s1. The molecule has 3 rings (SSSR count). The fourth-order valence-electron chi connectivity index (χ4n) is 2.81. The number of nitrogens with zero attached hydrogens (tertiary/aromatic N) is 1.